The van der Waals surface area contributed by atoms with E-state index < -0.39 is 0 Å². The average Bonchev–Trinajstić information content (AvgIpc) is 3.10. The molecule has 2 aliphatic carbocycles. The third-order valence-corrected chi connectivity index (χ3v) is 4.54. The Kier molecular flexibility index (Phi) is 3.73. The Balaban J connectivity index is 1.41. The van der Waals surface area contributed by atoms with Crippen LogP contribution in [0.15, 0.2) is 0 Å². The van der Waals surface area contributed by atoms with Crippen LogP contribution >= 0.6 is 0 Å². The van der Waals surface area contributed by atoms with E-state index in [2.05, 4.69) is 16.0 Å². The lowest BCUT2D eigenvalue weighted by Crippen LogP contribution is -2.46. The molecule has 5 nitrogen and oxygen atoms in total. The van der Waals surface area contributed by atoms with Crippen LogP contribution in [-0.4, -0.2) is 36.5 Å². The number of hydrogen-bond acceptors (Lipinski definition) is 3. The van der Waals surface area contributed by atoms with Gasteiger partial charge in [0.25, 0.3) is 0 Å². The molecule has 3 rings (SSSR count). The van der Waals surface area contributed by atoms with Crippen LogP contribution in [0.2, 0.25) is 0 Å². The molecule has 0 aromatic heterocycles. The molecule has 2 amide bonds. The minimum atomic E-state index is -0.0955. The molecule has 0 radical (unpaired) electrons. The highest BCUT2D eigenvalue weighted by atomic mass is 16.2. The molecule has 3 atom stereocenters. The Morgan fingerprint density at radius 2 is 1.89 bits per heavy atom. The summed E-state index contributed by atoms with van der Waals surface area (Å²) in [6.45, 7) is 0.114. The lowest BCUT2D eigenvalue weighted by molar-refractivity contribution is -0.127. The number of amides is 2. The SMILES string of the molecule is O=C(CNC(=O)C1CC2CCCCC2N1)NC1CC1. The highest BCUT2D eigenvalue weighted by Gasteiger charge is 2.38. The van der Waals surface area contributed by atoms with Gasteiger partial charge < -0.3 is 16.0 Å². The summed E-state index contributed by atoms with van der Waals surface area (Å²) in [6.07, 6.45) is 8.08. The number of hydrogen-bond donors (Lipinski definition) is 3. The Morgan fingerprint density at radius 1 is 1.11 bits per heavy atom. The van der Waals surface area contributed by atoms with E-state index in [9.17, 15) is 9.59 Å². The predicted molar refractivity (Wildman–Crippen MR) is 71.5 cm³/mol. The van der Waals surface area contributed by atoms with Gasteiger partial charge in [-0.2, -0.15) is 0 Å². The van der Waals surface area contributed by atoms with Crippen molar-refractivity contribution in [2.75, 3.05) is 6.54 Å². The van der Waals surface area contributed by atoms with E-state index in [1.54, 1.807) is 0 Å². The molecular formula is C14H23N3O2. The molecule has 2 saturated carbocycles. The number of fused-ring (bicyclic) bond motifs is 1. The molecule has 5 heteroatoms. The molecule has 3 unspecified atom stereocenters. The largest absolute Gasteiger partial charge is 0.352 e. The van der Waals surface area contributed by atoms with Gasteiger partial charge in [-0.05, 0) is 38.0 Å². The Hall–Kier alpha value is -1.10. The summed E-state index contributed by atoms with van der Waals surface area (Å²) in [6, 6.07) is 0.781. The van der Waals surface area contributed by atoms with Crippen molar-refractivity contribution in [3.05, 3.63) is 0 Å². The third-order valence-electron chi connectivity index (χ3n) is 4.54. The zero-order valence-corrected chi connectivity index (χ0v) is 11.3. The van der Waals surface area contributed by atoms with Crippen LogP contribution in [0, 0.1) is 5.92 Å². The summed E-state index contributed by atoms with van der Waals surface area (Å²) in [5.41, 5.74) is 0. The second kappa shape index (κ2) is 5.49. The van der Waals surface area contributed by atoms with E-state index in [-0.39, 0.29) is 24.4 Å². The first-order valence-electron chi connectivity index (χ1n) is 7.55. The topological polar surface area (TPSA) is 70.2 Å². The third kappa shape index (κ3) is 3.26. The number of carbonyl (C=O) groups is 2. The predicted octanol–water partition coefficient (Wildman–Crippen LogP) is 0.302. The van der Waals surface area contributed by atoms with Crippen LogP contribution in [0.1, 0.15) is 44.9 Å². The van der Waals surface area contributed by atoms with Crippen molar-refractivity contribution in [1.29, 1.82) is 0 Å². The van der Waals surface area contributed by atoms with Crippen LogP contribution in [0.3, 0.4) is 0 Å². The first-order valence-corrected chi connectivity index (χ1v) is 7.55. The van der Waals surface area contributed by atoms with Gasteiger partial charge >= 0.3 is 0 Å². The van der Waals surface area contributed by atoms with Crippen molar-refractivity contribution in [3.63, 3.8) is 0 Å². The summed E-state index contributed by atoms with van der Waals surface area (Å²) >= 11 is 0. The smallest absolute Gasteiger partial charge is 0.239 e. The molecule has 1 aliphatic heterocycles. The van der Waals surface area contributed by atoms with Gasteiger partial charge in [0.05, 0.1) is 12.6 Å². The van der Waals surface area contributed by atoms with E-state index >= 15 is 0 Å². The molecule has 0 bridgehead atoms. The molecule has 106 valence electrons. The van der Waals surface area contributed by atoms with Crippen LogP contribution in [0.25, 0.3) is 0 Å². The van der Waals surface area contributed by atoms with Gasteiger partial charge in [-0.15, -0.1) is 0 Å². The summed E-state index contributed by atoms with van der Waals surface area (Å²) < 4.78 is 0. The van der Waals surface area contributed by atoms with Gasteiger partial charge in [0.1, 0.15) is 0 Å². The van der Waals surface area contributed by atoms with E-state index in [1.807, 2.05) is 0 Å². The number of carbonyl (C=O) groups excluding carboxylic acids is 2. The highest BCUT2D eigenvalue weighted by Crippen LogP contribution is 2.33. The van der Waals surface area contributed by atoms with Crippen molar-refractivity contribution in [2.45, 2.75) is 63.1 Å². The molecule has 3 fully saturated rings. The fraction of sp³-hybridized carbons (Fsp3) is 0.857. The maximum Gasteiger partial charge on any atom is 0.239 e. The first kappa shape index (κ1) is 12.9. The standard InChI is InChI=1S/C14H23N3O2/c18-13(16-10-5-6-10)8-15-14(19)12-7-9-3-1-2-4-11(9)17-12/h9-12,17H,1-8H2,(H,15,19)(H,16,18). The lowest BCUT2D eigenvalue weighted by Gasteiger charge is -2.24. The Morgan fingerprint density at radius 3 is 2.63 bits per heavy atom. The summed E-state index contributed by atoms with van der Waals surface area (Å²) in [5, 5.41) is 9.06. The lowest BCUT2D eigenvalue weighted by atomic mass is 9.85. The van der Waals surface area contributed by atoms with Gasteiger partial charge in [0, 0.05) is 12.1 Å². The van der Waals surface area contributed by atoms with Crippen molar-refractivity contribution >= 4 is 11.8 Å². The molecule has 1 heterocycles. The van der Waals surface area contributed by atoms with E-state index in [0.717, 1.165) is 19.3 Å². The van der Waals surface area contributed by atoms with Crippen molar-refractivity contribution in [2.24, 2.45) is 5.92 Å². The minimum Gasteiger partial charge on any atom is -0.352 e. The fourth-order valence-electron chi connectivity index (χ4n) is 3.32. The molecule has 19 heavy (non-hydrogen) atoms. The second-order valence-corrected chi connectivity index (χ2v) is 6.17. The van der Waals surface area contributed by atoms with E-state index in [0.29, 0.717) is 18.0 Å². The highest BCUT2D eigenvalue weighted by molar-refractivity contribution is 5.87. The van der Waals surface area contributed by atoms with Crippen molar-refractivity contribution < 1.29 is 9.59 Å². The number of rotatable bonds is 4. The Labute approximate surface area is 113 Å². The summed E-state index contributed by atoms with van der Waals surface area (Å²) in [7, 11) is 0. The normalized spacial score (nSPS) is 33.6. The second-order valence-electron chi connectivity index (χ2n) is 6.17. The van der Waals surface area contributed by atoms with Gasteiger partial charge in [-0.25, -0.2) is 0 Å². The zero-order valence-electron chi connectivity index (χ0n) is 11.3. The molecule has 3 N–H and O–H groups in total. The van der Waals surface area contributed by atoms with Crippen LogP contribution in [0.5, 0.6) is 0 Å². The van der Waals surface area contributed by atoms with Crippen LogP contribution < -0.4 is 16.0 Å². The molecule has 0 aromatic rings. The number of nitrogens with one attached hydrogen (secondary N) is 3. The van der Waals surface area contributed by atoms with Crippen molar-refractivity contribution in [1.82, 2.24) is 16.0 Å². The quantitative estimate of drug-likeness (QED) is 0.685. The van der Waals surface area contributed by atoms with Gasteiger partial charge in [0.2, 0.25) is 11.8 Å². The average molecular weight is 265 g/mol. The molecular weight excluding hydrogens is 242 g/mol. The van der Waals surface area contributed by atoms with E-state index in [1.165, 1.54) is 25.7 Å². The zero-order chi connectivity index (χ0) is 13.2. The summed E-state index contributed by atoms with van der Waals surface area (Å²) in [4.78, 5) is 23.6. The fourth-order valence-corrected chi connectivity index (χ4v) is 3.32. The summed E-state index contributed by atoms with van der Waals surface area (Å²) in [5.74, 6) is 0.580. The van der Waals surface area contributed by atoms with Crippen LogP contribution in [0.4, 0.5) is 0 Å². The van der Waals surface area contributed by atoms with Gasteiger partial charge in [-0.1, -0.05) is 12.8 Å². The molecule has 0 spiro atoms. The van der Waals surface area contributed by atoms with Gasteiger partial charge in [0.15, 0.2) is 0 Å². The minimum absolute atomic E-state index is 0.0136. The van der Waals surface area contributed by atoms with E-state index in [4.69, 9.17) is 0 Å². The first-order chi connectivity index (χ1) is 9.22. The molecule has 3 aliphatic rings. The van der Waals surface area contributed by atoms with Gasteiger partial charge in [-0.3, -0.25) is 9.59 Å². The molecule has 1 saturated heterocycles. The maximum absolute atomic E-state index is 12.0. The Bertz CT molecular complexity index is 354. The van der Waals surface area contributed by atoms with Crippen LogP contribution in [-0.2, 0) is 9.59 Å². The monoisotopic (exact) mass is 265 g/mol. The molecule has 0 aromatic carbocycles. The maximum atomic E-state index is 12.0. The van der Waals surface area contributed by atoms with Crippen molar-refractivity contribution in [3.8, 4) is 0 Å².